The first-order chi connectivity index (χ1) is 15.7. The Labute approximate surface area is 191 Å². The molecule has 1 aliphatic heterocycles. The lowest BCUT2D eigenvalue weighted by Crippen LogP contribution is -2.54. The first-order valence-electron chi connectivity index (χ1n) is 11.1. The molecule has 0 aliphatic carbocycles. The molecule has 9 heteroatoms. The van der Waals surface area contributed by atoms with Crippen molar-refractivity contribution in [1.29, 1.82) is 0 Å². The maximum Gasteiger partial charge on any atom is 0.328 e. The molecular weight excluding hydrogens is 425 g/mol. The number of aliphatic hydroxyl groups is 1. The van der Waals surface area contributed by atoms with Crippen LogP contribution in [0.2, 0.25) is 0 Å². The van der Waals surface area contributed by atoms with E-state index < -0.39 is 11.4 Å². The summed E-state index contributed by atoms with van der Waals surface area (Å²) in [6.07, 6.45) is 3.37. The zero-order valence-electron chi connectivity index (χ0n) is 19.3. The highest BCUT2D eigenvalue weighted by molar-refractivity contribution is 5.78. The van der Waals surface area contributed by atoms with Crippen LogP contribution in [0.4, 0.5) is 10.2 Å². The zero-order chi connectivity index (χ0) is 23.8. The van der Waals surface area contributed by atoms with Crippen molar-refractivity contribution in [1.82, 2.24) is 19.0 Å². The minimum absolute atomic E-state index is 0.0532. The highest BCUT2D eigenvalue weighted by Crippen LogP contribution is 2.26. The highest BCUT2D eigenvalue weighted by atomic mass is 19.1. The van der Waals surface area contributed by atoms with Gasteiger partial charge < -0.3 is 14.9 Å². The Balaban J connectivity index is 1.37. The fraction of sp³-hybridized carbons (Fsp3) is 0.458. The van der Waals surface area contributed by atoms with Gasteiger partial charge >= 0.3 is 5.69 Å². The van der Waals surface area contributed by atoms with Gasteiger partial charge in [0, 0.05) is 40.7 Å². The second kappa shape index (κ2) is 8.97. The van der Waals surface area contributed by atoms with Crippen molar-refractivity contribution in [2.75, 3.05) is 31.6 Å². The number of benzene rings is 1. The molecule has 1 amide bonds. The number of carbonyl (C=O) groups excluding carboxylic acids is 1. The Hall–Kier alpha value is -3.20. The number of likely N-dealkylation sites (N-methyl/N-ethyl adjacent to an activating group) is 1. The molecular formula is C24H30FN5O3. The van der Waals surface area contributed by atoms with Crippen LogP contribution in [0, 0.1) is 5.82 Å². The lowest BCUT2D eigenvalue weighted by molar-refractivity contribution is -0.133. The summed E-state index contributed by atoms with van der Waals surface area (Å²) < 4.78 is 16.4. The lowest BCUT2D eigenvalue weighted by atomic mass is 9.92. The highest BCUT2D eigenvalue weighted by Gasteiger charge is 2.35. The Bertz CT molecular complexity index is 1220. The van der Waals surface area contributed by atoms with Gasteiger partial charge in [-0.2, -0.15) is 0 Å². The first kappa shape index (κ1) is 23.0. The predicted molar refractivity (Wildman–Crippen MR) is 125 cm³/mol. The van der Waals surface area contributed by atoms with Crippen LogP contribution in [0.25, 0.3) is 11.0 Å². The van der Waals surface area contributed by atoms with Gasteiger partial charge in [-0.3, -0.25) is 13.9 Å². The topological polar surface area (TPSA) is 83.6 Å². The number of piperidine rings is 1. The number of pyridine rings is 1. The summed E-state index contributed by atoms with van der Waals surface area (Å²) >= 11 is 0. The lowest BCUT2D eigenvalue weighted by Gasteiger charge is -2.41. The number of β-amino-alcohol motifs (C(OH)–C–C–N with tert-alkyl or cyclic N) is 1. The van der Waals surface area contributed by atoms with Crippen molar-refractivity contribution >= 4 is 22.8 Å². The van der Waals surface area contributed by atoms with Gasteiger partial charge in [0.1, 0.15) is 11.6 Å². The molecule has 4 rings (SSSR count). The molecule has 1 N–H and O–H groups in total. The fourth-order valence-electron chi connectivity index (χ4n) is 4.67. The van der Waals surface area contributed by atoms with Gasteiger partial charge in [-0.05, 0) is 49.1 Å². The molecule has 176 valence electrons. The van der Waals surface area contributed by atoms with Gasteiger partial charge in [0.05, 0.1) is 29.4 Å². The normalized spacial score (nSPS) is 18.6. The summed E-state index contributed by atoms with van der Waals surface area (Å²) in [4.78, 5) is 32.5. The summed E-state index contributed by atoms with van der Waals surface area (Å²) in [5.41, 5.74) is 1.54. The van der Waals surface area contributed by atoms with Crippen LogP contribution in [0.5, 0.6) is 0 Å². The van der Waals surface area contributed by atoms with E-state index in [1.807, 2.05) is 23.1 Å². The molecule has 0 unspecified atom stereocenters. The standard InChI is InChI=1S/C24H30FN5O3/c1-27(15-24(33)11-4-12-30(16-24)21-9-7-18(25)14-26-21)22(31)10-6-17-5-8-19-20(13-17)29(3)23(32)28(19)2/h5,7-9,13-14,33H,4,6,10-12,15-16H2,1-3H3/t24-/m0/s1. The quantitative estimate of drug-likeness (QED) is 0.613. The van der Waals surface area contributed by atoms with Crippen molar-refractivity contribution in [2.45, 2.75) is 31.3 Å². The van der Waals surface area contributed by atoms with E-state index in [0.717, 1.165) is 29.6 Å². The summed E-state index contributed by atoms with van der Waals surface area (Å²) in [5, 5.41) is 11.2. The van der Waals surface area contributed by atoms with Gasteiger partial charge in [-0.25, -0.2) is 14.2 Å². The second-order valence-corrected chi connectivity index (χ2v) is 9.06. The van der Waals surface area contributed by atoms with Crippen LogP contribution in [-0.2, 0) is 25.3 Å². The van der Waals surface area contributed by atoms with E-state index in [0.29, 0.717) is 31.6 Å². The van der Waals surface area contributed by atoms with Crippen LogP contribution in [0.15, 0.2) is 41.3 Å². The number of hydrogen-bond acceptors (Lipinski definition) is 5. The molecule has 3 heterocycles. The minimum Gasteiger partial charge on any atom is -0.386 e. The third kappa shape index (κ3) is 4.78. The van der Waals surface area contributed by atoms with E-state index in [9.17, 15) is 19.1 Å². The number of amides is 1. The number of aromatic nitrogens is 3. The Morgan fingerprint density at radius 1 is 1.21 bits per heavy atom. The average Bonchev–Trinajstić information content (AvgIpc) is 3.01. The van der Waals surface area contributed by atoms with Crippen LogP contribution < -0.4 is 10.6 Å². The van der Waals surface area contributed by atoms with Crippen molar-refractivity contribution in [3.63, 3.8) is 0 Å². The number of carbonyl (C=O) groups is 1. The molecule has 2 aromatic heterocycles. The van der Waals surface area contributed by atoms with E-state index >= 15 is 0 Å². The summed E-state index contributed by atoms with van der Waals surface area (Å²) in [6.45, 7) is 1.28. The minimum atomic E-state index is -1.06. The number of nitrogens with zero attached hydrogens (tertiary/aromatic N) is 5. The fourth-order valence-corrected chi connectivity index (χ4v) is 4.67. The number of halogens is 1. The van der Waals surface area contributed by atoms with E-state index in [-0.39, 0.29) is 18.1 Å². The molecule has 1 aliphatic rings. The molecule has 0 saturated carbocycles. The molecule has 0 radical (unpaired) electrons. The summed E-state index contributed by atoms with van der Waals surface area (Å²) in [6, 6.07) is 8.76. The third-order valence-electron chi connectivity index (χ3n) is 6.51. The predicted octanol–water partition coefficient (Wildman–Crippen LogP) is 1.83. The van der Waals surface area contributed by atoms with Crippen LogP contribution in [0.3, 0.4) is 0 Å². The van der Waals surface area contributed by atoms with Gasteiger partial charge in [0.25, 0.3) is 0 Å². The van der Waals surface area contributed by atoms with Gasteiger partial charge in [-0.15, -0.1) is 0 Å². The molecule has 3 aromatic rings. The molecule has 1 fully saturated rings. The number of hydrogen-bond donors (Lipinski definition) is 1. The number of rotatable bonds is 6. The maximum absolute atomic E-state index is 13.2. The number of imidazole rings is 1. The summed E-state index contributed by atoms with van der Waals surface area (Å²) in [7, 11) is 5.19. The van der Waals surface area contributed by atoms with Crippen molar-refractivity contribution in [2.24, 2.45) is 14.1 Å². The molecule has 8 nitrogen and oxygen atoms in total. The van der Waals surface area contributed by atoms with Crippen molar-refractivity contribution in [3.05, 3.63) is 58.4 Å². The SMILES string of the molecule is CN(C[C@@]1(O)CCCN(c2ccc(F)cn2)C1)C(=O)CCc1ccc2c(c1)n(C)c(=O)n2C. The van der Waals surface area contributed by atoms with Crippen LogP contribution >= 0.6 is 0 Å². The third-order valence-corrected chi connectivity index (χ3v) is 6.51. The van der Waals surface area contributed by atoms with Crippen LogP contribution in [0.1, 0.15) is 24.8 Å². The zero-order valence-corrected chi connectivity index (χ0v) is 19.3. The Morgan fingerprint density at radius 2 is 1.97 bits per heavy atom. The summed E-state index contributed by atoms with van der Waals surface area (Å²) in [5.74, 6) is 0.168. The van der Waals surface area contributed by atoms with E-state index in [4.69, 9.17) is 0 Å². The van der Waals surface area contributed by atoms with Crippen LogP contribution in [-0.4, -0.2) is 62.3 Å². The van der Waals surface area contributed by atoms with E-state index in [1.165, 1.54) is 12.3 Å². The van der Waals surface area contributed by atoms with Gasteiger partial charge in [-0.1, -0.05) is 6.07 Å². The van der Waals surface area contributed by atoms with Crippen molar-refractivity contribution < 1.29 is 14.3 Å². The maximum atomic E-state index is 13.2. The molecule has 1 saturated heterocycles. The Morgan fingerprint density at radius 3 is 2.70 bits per heavy atom. The van der Waals surface area contributed by atoms with Gasteiger partial charge in [0.15, 0.2) is 0 Å². The second-order valence-electron chi connectivity index (χ2n) is 9.06. The van der Waals surface area contributed by atoms with Crippen molar-refractivity contribution in [3.8, 4) is 0 Å². The smallest absolute Gasteiger partial charge is 0.328 e. The van der Waals surface area contributed by atoms with Gasteiger partial charge in [0.2, 0.25) is 5.91 Å². The largest absolute Gasteiger partial charge is 0.386 e. The van der Waals surface area contributed by atoms with E-state index in [1.54, 1.807) is 41.2 Å². The molecule has 1 atom stereocenters. The first-order valence-corrected chi connectivity index (χ1v) is 11.1. The number of anilines is 1. The molecule has 1 aromatic carbocycles. The molecule has 0 bridgehead atoms. The monoisotopic (exact) mass is 455 g/mol. The average molecular weight is 456 g/mol. The number of aryl methyl sites for hydroxylation is 3. The number of fused-ring (bicyclic) bond motifs is 1. The van der Waals surface area contributed by atoms with E-state index in [2.05, 4.69) is 4.98 Å². The Kier molecular flexibility index (Phi) is 6.25. The molecule has 33 heavy (non-hydrogen) atoms. The molecule has 0 spiro atoms.